The summed E-state index contributed by atoms with van der Waals surface area (Å²) >= 11 is 0. The van der Waals surface area contributed by atoms with E-state index in [1.54, 1.807) is 6.07 Å². The molecule has 0 heterocycles. The van der Waals surface area contributed by atoms with Crippen LogP contribution in [-0.4, -0.2) is 24.9 Å². The lowest BCUT2D eigenvalue weighted by molar-refractivity contribution is -0.0520. The zero-order valence-electron chi connectivity index (χ0n) is 9.90. The second kappa shape index (κ2) is 5.49. The van der Waals surface area contributed by atoms with Gasteiger partial charge in [-0.25, -0.2) is 0 Å². The van der Waals surface area contributed by atoms with Gasteiger partial charge in [0.15, 0.2) is 0 Å². The van der Waals surface area contributed by atoms with Gasteiger partial charge >= 0.3 is 6.61 Å². The summed E-state index contributed by atoms with van der Waals surface area (Å²) in [7, 11) is 1.41. The van der Waals surface area contributed by atoms with Crippen molar-refractivity contribution < 1.29 is 23.4 Å². The first-order valence-corrected chi connectivity index (χ1v) is 5.67. The van der Waals surface area contributed by atoms with Crippen LogP contribution >= 0.6 is 0 Å². The van der Waals surface area contributed by atoms with Gasteiger partial charge in [0, 0.05) is 6.04 Å². The van der Waals surface area contributed by atoms with Crippen LogP contribution in [0, 0.1) is 0 Å². The molecule has 0 amide bonds. The van der Waals surface area contributed by atoms with Gasteiger partial charge in [0.1, 0.15) is 17.7 Å². The van der Waals surface area contributed by atoms with E-state index in [-0.39, 0.29) is 17.4 Å². The predicted molar refractivity (Wildman–Crippen MR) is 60.7 cm³/mol. The number of nitrogens with one attached hydrogen (secondary N) is 1. The van der Waals surface area contributed by atoms with Crippen molar-refractivity contribution in [2.75, 3.05) is 7.11 Å². The van der Waals surface area contributed by atoms with E-state index in [2.05, 4.69) is 10.1 Å². The fourth-order valence-corrected chi connectivity index (χ4v) is 1.73. The van der Waals surface area contributed by atoms with Crippen LogP contribution in [0.1, 0.15) is 24.6 Å². The molecule has 1 aliphatic carbocycles. The van der Waals surface area contributed by atoms with Crippen LogP contribution in [-0.2, 0) is 0 Å². The van der Waals surface area contributed by atoms with E-state index in [0.29, 0.717) is 5.75 Å². The molecular formula is C12H15F2NO3. The highest BCUT2D eigenvalue weighted by Crippen LogP contribution is 2.35. The van der Waals surface area contributed by atoms with Crippen LogP contribution in [0.3, 0.4) is 0 Å². The SMILES string of the molecule is COc1cccc(OC(F)F)c1C(O)NC1CC1. The molecule has 6 heteroatoms. The third-order valence-corrected chi connectivity index (χ3v) is 2.71. The summed E-state index contributed by atoms with van der Waals surface area (Å²) in [4.78, 5) is 0. The van der Waals surface area contributed by atoms with Crippen molar-refractivity contribution in [3.05, 3.63) is 23.8 Å². The lowest BCUT2D eigenvalue weighted by atomic mass is 10.1. The molecule has 1 unspecified atom stereocenters. The molecule has 2 N–H and O–H groups in total. The molecule has 0 radical (unpaired) electrons. The standard InChI is InChI=1S/C12H15F2NO3/c1-17-8-3-2-4-9(18-12(13)14)10(8)11(16)15-7-5-6-7/h2-4,7,11-12,15-16H,5-6H2,1H3. The number of alkyl halides is 2. The maximum Gasteiger partial charge on any atom is 0.387 e. The van der Waals surface area contributed by atoms with Gasteiger partial charge in [0.2, 0.25) is 0 Å². The van der Waals surface area contributed by atoms with E-state index >= 15 is 0 Å². The number of aliphatic hydroxyl groups excluding tert-OH is 1. The minimum atomic E-state index is -2.94. The van der Waals surface area contributed by atoms with Gasteiger partial charge < -0.3 is 14.6 Å². The molecule has 1 aliphatic rings. The van der Waals surface area contributed by atoms with Gasteiger partial charge in [0.05, 0.1) is 12.7 Å². The zero-order valence-corrected chi connectivity index (χ0v) is 9.90. The first kappa shape index (κ1) is 13.0. The largest absolute Gasteiger partial charge is 0.496 e. The molecule has 0 saturated heterocycles. The highest BCUT2D eigenvalue weighted by molar-refractivity contribution is 5.46. The molecule has 0 bridgehead atoms. The summed E-state index contributed by atoms with van der Waals surface area (Å²) < 4.78 is 34.1. The Kier molecular flexibility index (Phi) is 3.98. The van der Waals surface area contributed by atoms with Crippen molar-refractivity contribution >= 4 is 0 Å². The lowest BCUT2D eigenvalue weighted by Gasteiger charge is -2.19. The maximum atomic E-state index is 12.3. The highest BCUT2D eigenvalue weighted by atomic mass is 19.3. The average Bonchev–Trinajstić information content (AvgIpc) is 3.11. The van der Waals surface area contributed by atoms with E-state index < -0.39 is 12.8 Å². The van der Waals surface area contributed by atoms with Crippen LogP contribution in [0.25, 0.3) is 0 Å². The summed E-state index contributed by atoms with van der Waals surface area (Å²) in [6, 6.07) is 4.72. The van der Waals surface area contributed by atoms with Crippen molar-refractivity contribution in [1.82, 2.24) is 5.32 Å². The molecule has 0 aliphatic heterocycles. The average molecular weight is 259 g/mol. The lowest BCUT2D eigenvalue weighted by Crippen LogP contribution is -2.24. The normalized spacial score (nSPS) is 16.7. The summed E-state index contributed by atoms with van der Waals surface area (Å²) in [5, 5.41) is 12.9. The van der Waals surface area contributed by atoms with Crippen molar-refractivity contribution in [3.63, 3.8) is 0 Å². The Balaban J connectivity index is 2.26. The summed E-state index contributed by atoms with van der Waals surface area (Å²) in [6.07, 6.45) is 0.858. The molecule has 1 atom stereocenters. The Bertz CT molecular complexity index is 410. The van der Waals surface area contributed by atoms with E-state index in [4.69, 9.17) is 4.74 Å². The number of aliphatic hydroxyl groups is 1. The first-order chi connectivity index (χ1) is 8.61. The number of hydrogen-bond donors (Lipinski definition) is 2. The van der Waals surface area contributed by atoms with Crippen LogP contribution in [0.2, 0.25) is 0 Å². The van der Waals surface area contributed by atoms with Crippen LogP contribution in [0.5, 0.6) is 11.5 Å². The molecule has 0 spiro atoms. The van der Waals surface area contributed by atoms with Crippen LogP contribution in [0.4, 0.5) is 8.78 Å². The molecule has 0 aromatic heterocycles. The highest BCUT2D eigenvalue weighted by Gasteiger charge is 2.28. The summed E-state index contributed by atoms with van der Waals surface area (Å²) in [6.45, 7) is -2.94. The van der Waals surface area contributed by atoms with Crippen molar-refractivity contribution in [2.24, 2.45) is 0 Å². The maximum absolute atomic E-state index is 12.3. The molecule has 1 saturated carbocycles. The Morgan fingerprint density at radius 3 is 2.56 bits per heavy atom. The number of benzene rings is 1. The third-order valence-electron chi connectivity index (χ3n) is 2.71. The number of halogens is 2. The monoisotopic (exact) mass is 259 g/mol. The van der Waals surface area contributed by atoms with Crippen LogP contribution in [0.15, 0.2) is 18.2 Å². The first-order valence-electron chi connectivity index (χ1n) is 5.67. The summed E-state index contributed by atoms with van der Waals surface area (Å²) in [5.74, 6) is 0.235. The number of methoxy groups -OCH3 is 1. The van der Waals surface area contributed by atoms with Crippen molar-refractivity contribution in [2.45, 2.75) is 31.7 Å². The van der Waals surface area contributed by atoms with Gasteiger partial charge in [-0.15, -0.1) is 0 Å². The molecule has 2 rings (SSSR count). The Hall–Kier alpha value is -1.40. The number of rotatable bonds is 6. The van der Waals surface area contributed by atoms with Crippen LogP contribution < -0.4 is 14.8 Å². The Morgan fingerprint density at radius 1 is 1.33 bits per heavy atom. The summed E-state index contributed by atoms with van der Waals surface area (Å²) in [5.41, 5.74) is 0.201. The Labute approximate surface area is 104 Å². The number of hydrogen-bond acceptors (Lipinski definition) is 4. The molecule has 4 nitrogen and oxygen atoms in total. The molecule has 1 aromatic rings. The van der Waals surface area contributed by atoms with E-state index in [0.717, 1.165) is 12.8 Å². The van der Waals surface area contributed by atoms with E-state index in [9.17, 15) is 13.9 Å². The number of ether oxygens (including phenoxy) is 2. The zero-order chi connectivity index (χ0) is 13.1. The van der Waals surface area contributed by atoms with Gasteiger partial charge in [-0.05, 0) is 25.0 Å². The fourth-order valence-electron chi connectivity index (χ4n) is 1.73. The van der Waals surface area contributed by atoms with Crippen molar-refractivity contribution in [3.8, 4) is 11.5 Å². The fraction of sp³-hybridized carbons (Fsp3) is 0.500. The van der Waals surface area contributed by atoms with Gasteiger partial charge in [0.25, 0.3) is 0 Å². The smallest absolute Gasteiger partial charge is 0.387 e. The van der Waals surface area contributed by atoms with Gasteiger partial charge in [-0.2, -0.15) is 8.78 Å². The minimum Gasteiger partial charge on any atom is -0.496 e. The minimum absolute atomic E-state index is 0.0787. The second-order valence-electron chi connectivity index (χ2n) is 4.09. The van der Waals surface area contributed by atoms with Gasteiger partial charge in [-0.3, -0.25) is 5.32 Å². The predicted octanol–water partition coefficient (Wildman–Crippen LogP) is 2.04. The van der Waals surface area contributed by atoms with Crippen molar-refractivity contribution in [1.29, 1.82) is 0 Å². The Morgan fingerprint density at radius 2 is 2.00 bits per heavy atom. The topological polar surface area (TPSA) is 50.7 Å². The molecule has 1 aromatic carbocycles. The molecule has 18 heavy (non-hydrogen) atoms. The quantitative estimate of drug-likeness (QED) is 0.768. The molecule has 1 fully saturated rings. The molecular weight excluding hydrogens is 244 g/mol. The van der Waals surface area contributed by atoms with E-state index in [1.807, 2.05) is 0 Å². The molecule has 100 valence electrons. The second-order valence-corrected chi connectivity index (χ2v) is 4.09. The van der Waals surface area contributed by atoms with E-state index in [1.165, 1.54) is 19.2 Å². The third kappa shape index (κ3) is 3.08. The van der Waals surface area contributed by atoms with Gasteiger partial charge in [-0.1, -0.05) is 6.07 Å².